The Balaban J connectivity index is 4.24. The molecule has 0 saturated carbocycles. The van der Waals surface area contributed by atoms with Crippen LogP contribution in [0.15, 0.2) is 0 Å². The van der Waals surface area contributed by atoms with Crippen LogP contribution in [0.25, 0.3) is 0 Å². The van der Waals surface area contributed by atoms with Gasteiger partial charge in [-0.3, -0.25) is 4.79 Å². The SMILES string of the molecule is CCOC(=O)[C@H](CCCCN)NC(=O)CC#N. The normalized spacial score (nSPS) is 11.4. The minimum Gasteiger partial charge on any atom is -0.464 e. The molecule has 1 amide bonds. The van der Waals surface area contributed by atoms with Gasteiger partial charge in [0, 0.05) is 0 Å². The molecule has 6 nitrogen and oxygen atoms in total. The van der Waals surface area contributed by atoms with Gasteiger partial charge >= 0.3 is 5.97 Å². The van der Waals surface area contributed by atoms with E-state index in [1.54, 1.807) is 13.0 Å². The summed E-state index contributed by atoms with van der Waals surface area (Å²) in [5, 5.41) is 10.8. The summed E-state index contributed by atoms with van der Waals surface area (Å²) in [4.78, 5) is 22.8. The van der Waals surface area contributed by atoms with Gasteiger partial charge in [0.25, 0.3) is 0 Å². The van der Waals surface area contributed by atoms with Crippen molar-refractivity contribution in [1.82, 2.24) is 5.32 Å². The third kappa shape index (κ3) is 7.30. The molecule has 17 heavy (non-hydrogen) atoms. The van der Waals surface area contributed by atoms with Crippen molar-refractivity contribution >= 4 is 11.9 Å². The van der Waals surface area contributed by atoms with Crippen molar-refractivity contribution in [2.75, 3.05) is 13.2 Å². The number of nitrogens with zero attached hydrogens (tertiary/aromatic N) is 1. The maximum Gasteiger partial charge on any atom is 0.328 e. The summed E-state index contributed by atoms with van der Waals surface area (Å²) in [6, 6.07) is 1.05. The molecule has 1 atom stereocenters. The van der Waals surface area contributed by atoms with E-state index in [-0.39, 0.29) is 13.0 Å². The number of nitrogens with two attached hydrogens (primary N) is 1. The van der Waals surface area contributed by atoms with E-state index in [9.17, 15) is 9.59 Å². The van der Waals surface area contributed by atoms with Crippen molar-refractivity contribution in [2.45, 2.75) is 38.6 Å². The number of rotatable bonds is 8. The van der Waals surface area contributed by atoms with Crippen molar-refractivity contribution < 1.29 is 14.3 Å². The zero-order chi connectivity index (χ0) is 13.1. The molecule has 0 radical (unpaired) electrons. The monoisotopic (exact) mass is 241 g/mol. The van der Waals surface area contributed by atoms with E-state index < -0.39 is 17.9 Å². The van der Waals surface area contributed by atoms with Crippen molar-refractivity contribution in [3.05, 3.63) is 0 Å². The summed E-state index contributed by atoms with van der Waals surface area (Å²) in [7, 11) is 0. The Morgan fingerprint density at radius 3 is 2.71 bits per heavy atom. The average Bonchev–Trinajstić information content (AvgIpc) is 2.28. The molecule has 0 saturated heterocycles. The molecule has 96 valence electrons. The number of hydrogen-bond acceptors (Lipinski definition) is 5. The topological polar surface area (TPSA) is 105 Å². The number of nitrogens with one attached hydrogen (secondary N) is 1. The van der Waals surface area contributed by atoms with Crippen LogP contribution in [0.4, 0.5) is 0 Å². The number of carbonyl (C=O) groups excluding carboxylic acids is 2. The van der Waals surface area contributed by atoms with E-state index >= 15 is 0 Å². The van der Waals surface area contributed by atoms with Gasteiger partial charge in [-0.2, -0.15) is 5.26 Å². The third-order valence-corrected chi connectivity index (χ3v) is 2.09. The molecule has 0 fully saturated rings. The van der Waals surface area contributed by atoms with E-state index in [4.69, 9.17) is 15.7 Å². The van der Waals surface area contributed by atoms with Gasteiger partial charge in [-0.15, -0.1) is 0 Å². The summed E-state index contributed by atoms with van der Waals surface area (Å²) >= 11 is 0. The molecule has 0 rings (SSSR count). The van der Waals surface area contributed by atoms with Gasteiger partial charge in [0.05, 0.1) is 12.7 Å². The van der Waals surface area contributed by atoms with Gasteiger partial charge in [0.15, 0.2) is 0 Å². The fourth-order valence-electron chi connectivity index (χ4n) is 1.30. The van der Waals surface area contributed by atoms with Crippen LogP contribution in [0.2, 0.25) is 0 Å². The first-order chi connectivity index (χ1) is 8.15. The zero-order valence-electron chi connectivity index (χ0n) is 10.1. The van der Waals surface area contributed by atoms with Gasteiger partial charge in [-0.1, -0.05) is 0 Å². The Bertz CT molecular complexity index is 286. The average molecular weight is 241 g/mol. The summed E-state index contributed by atoms with van der Waals surface area (Å²) in [6.45, 7) is 2.51. The van der Waals surface area contributed by atoms with Crippen LogP contribution >= 0.6 is 0 Å². The fraction of sp³-hybridized carbons (Fsp3) is 0.727. The van der Waals surface area contributed by atoms with Gasteiger partial charge in [-0.05, 0) is 32.7 Å². The number of carbonyl (C=O) groups is 2. The van der Waals surface area contributed by atoms with Gasteiger partial charge in [-0.25, -0.2) is 4.79 Å². The Kier molecular flexibility index (Phi) is 8.69. The highest BCUT2D eigenvalue weighted by Crippen LogP contribution is 2.03. The Hall–Kier alpha value is -1.61. The number of ether oxygens (including phenoxy) is 1. The Morgan fingerprint density at radius 1 is 1.47 bits per heavy atom. The van der Waals surface area contributed by atoms with Gasteiger partial charge in [0.2, 0.25) is 5.91 Å². The lowest BCUT2D eigenvalue weighted by Crippen LogP contribution is -2.41. The molecule has 0 bridgehead atoms. The summed E-state index contributed by atoms with van der Waals surface area (Å²) in [5.41, 5.74) is 5.35. The van der Waals surface area contributed by atoms with E-state index in [0.29, 0.717) is 13.0 Å². The first-order valence-corrected chi connectivity index (χ1v) is 5.68. The van der Waals surface area contributed by atoms with Crippen LogP contribution in [-0.4, -0.2) is 31.1 Å². The highest BCUT2D eigenvalue weighted by Gasteiger charge is 2.21. The smallest absolute Gasteiger partial charge is 0.328 e. The molecule has 0 aliphatic carbocycles. The first-order valence-electron chi connectivity index (χ1n) is 5.68. The van der Waals surface area contributed by atoms with E-state index in [1.807, 2.05) is 0 Å². The van der Waals surface area contributed by atoms with Crippen LogP contribution in [-0.2, 0) is 14.3 Å². The maximum absolute atomic E-state index is 11.5. The molecule has 3 N–H and O–H groups in total. The minimum atomic E-state index is -0.678. The second-order valence-electron chi connectivity index (χ2n) is 3.49. The molecule has 0 aliphatic heterocycles. The molecule has 0 aromatic rings. The predicted molar refractivity (Wildman–Crippen MR) is 61.7 cm³/mol. The van der Waals surface area contributed by atoms with Crippen LogP contribution in [0, 0.1) is 11.3 Å². The van der Waals surface area contributed by atoms with E-state index in [1.165, 1.54) is 0 Å². The van der Waals surface area contributed by atoms with Gasteiger partial charge < -0.3 is 15.8 Å². The van der Waals surface area contributed by atoms with E-state index in [0.717, 1.165) is 12.8 Å². The second-order valence-corrected chi connectivity index (χ2v) is 3.49. The van der Waals surface area contributed by atoms with Gasteiger partial charge in [0.1, 0.15) is 12.5 Å². The van der Waals surface area contributed by atoms with Crippen molar-refractivity contribution in [1.29, 1.82) is 5.26 Å². The number of unbranched alkanes of at least 4 members (excludes halogenated alkanes) is 1. The molecule has 0 heterocycles. The maximum atomic E-state index is 11.5. The molecule has 0 aliphatic rings. The number of esters is 1. The summed E-state index contributed by atoms with van der Waals surface area (Å²) in [5.74, 6) is -0.922. The third-order valence-electron chi connectivity index (χ3n) is 2.09. The number of hydrogen-bond donors (Lipinski definition) is 2. The molecular formula is C11H19N3O3. The summed E-state index contributed by atoms with van der Waals surface area (Å²) in [6.07, 6.45) is 1.73. The Morgan fingerprint density at radius 2 is 2.18 bits per heavy atom. The Labute approximate surface area is 101 Å². The molecule has 0 aromatic carbocycles. The quantitative estimate of drug-likeness (QED) is 0.462. The number of amides is 1. The standard InChI is InChI=1S/C11H19N3O3/c1-2-17-11(16)9(5-3-4-7-12)14-10(15)6-8-13/h9H,2-7,12H2,1H3,(H,14,15)/t9-/m0/s1. The van der Waals surface area contributed by atoms with Crippen LogP contribution in [0.5, 0.6) is 0 Å². The largest absolute Gasteiger partial charge is 0.464 e. The van der Waals surface area contributed by atoms with Crippen molar-refractivity contribution in [2.24, 2.45) is 5.73 Å². The molecule has 0 unspecified atom stereocenters. The molecular weight excluding hydrogens is 222 g/mol. The lowest BCUT2D eigenvalue weighted by molar-refractivity contribution is -0.147. The van der Waals surface area contributed by atoms with E-state index in [2.05, 4.69) is 5.32 Å². The second kappa shape index (κ2) is 9.60. The highest BCUT2D eigenvalue weighted by atomic mass is 16.5. The van der Waals surface area contributed by atoms with Crippen LogP contribution in [0.1, 0.15) is 32.6 Å². The number of nitriles is 1. The molecule has 6 heteroatoms. The van der Waals surface area contributed by atoms with Crippen LogP contribution < -0.4 is 11.1 Å². The lowest BCUT2D eigenvalue weighted by Gasteiger charge is -2.16. The predicted octanol–water partition coefficient (Wildman–Crippen LogP) is 0.0770. The first kappa shape index (κ1) is 15.4. The fourth-order valence-corrected chi connectivity index (χ4v) is 1.30. The lowest BCUT2D eigenvalue weighted by atomic mass is 10.1. The van der Waals surface area contributed by atoms with Crippen molar-refractivity contribution in [3.63, 3.8) is 0 Å². The van der Waals surface area contributed by atoms with Crippen LogP contribution in [0.3, 0.4) is 0 Å². The van der Waals surface area contributed by atoms with Crippen molar-refractivity contribution in [3.8, 4) is 6.07 Å². The molecule has 0 aromatic heterocycles. The minimum absolute atomic E-state index is 0.257. The molecule has 0 spiro atoms. The highest BCUT2D eigenvalue weighted by molar-refractivity contribution is 5.85. The summed E-state index contributed by atoms with van der Waals surface area (Å²) < 4.78 is 4.85. The zero-order valence-corrected chi connectivity index (χ0v) is 10.1.